The smallest absolute Gasteiger partial charge is 0.223 e. The molecule has 1 aromatic carbocycles. The van der Waals surface area contributed by atoms with Crippen molar-refractivity contribution in [1.82, 2.24) is 5.32 Å². The summed E-state index contributed by atoms with van der Waals surface area (Å²) in [6, 6.07) is 7.94. The van der Waals surface area contributed by atoms with Crippen LogP contribution in [0.15, 0.2) is 24.3 Å². The van der Waals surface area contributed by atoms with Gasteiger partial charge in [0.1, 0.15) is 0 Å². The lowest BCUT2D eigenvalue weighted by atomic mass is 9.51. The number of nitrogen functional groups attached to an aromatic ring is 1. The molecule has 0 atom stereocenters. The minimum absolute atomic E-state index is 0.305. The van der Waals surface area contributed by atoms with Crippen molar-refractivity contribution in [2.24, 2.45) is 29.6 Å². The molecule has 4 bridgehead atoms. The van der Waals surface area contributed by atoms with Gasteiger partial charge in [0.25, 0.3) is 0 Å². The van der Waals surface area contributed by atoms with Crippen LogP contribution in [0.5, 0.6) is 0 Å². The van der Waals surface area contributed by atoms with Crippen LogP contribution in [-0.2, 0) is 11.2 Å². The summed E-state index contributed by atoms with van der Waals surface area (Å²) in [6.45, 7) is 0.742. The Labute approximate surface area is 132 Å². The molecule has 3 N–H and O–H groups in total. The van der Waals surface area contributed by atoms with Crippen molar-refractivity contribution in [2.45, 2.75) is 38.5 Å². The Balaban J connectivity index is 1.32. The van der Waals surface area contributed by atoms with Gasteiger partial charge >= 0.3 is 0 Å². The molecular weight excluding hydrogens is 272 g/mol. The topological polar surface area (TPSA) is 55.1 Å². The van der Waals surface area contributed by atoms with Gasteiger partial charge in [0, 0.05) is 18.2 Å². The average molecular weight is 298 g/mol. The Morgan fingerprint density at radius 1 is 1.00 bits per heavy atom. The molecule has 22 heavy (non-hydrogen) atoms. The van der Waals surface area contributed by atoms with Crippen LogP contribution in [0, 0.1) is 29.6 Å². The minimum Gasteiger partial charge on any atom is -0.399 e. The number of nitrogens with one attached hydrogen (secondary N) is 1. The van der Waals surface area contributed by atoms with Gasteiger partial charge in [-0.2, -0.15) is 0 Å². The molecule has 3 nitrogen and oxygen atoms in total. The van der Waals surface area contributed by atoms with Crippen LogP contribution < -0.4 is 11.1 Å². The molecule has 4 aliphatic rings. The first-order valence-electron chi connectivity index (χ1n) is 8.81. The van der Waals surface area contributed by atoms with E-state index < -0.39 is 0 Å². The monoisotopic (exact) mass is 298 g/mol. The van der Waals surface area contributed by atoms with Gasteiger partial charge in [-0.05, 0) is 79.9 Å². The lowest BCUT2D eigenvalue weighted by Gasteiger charge is -2.53. The summed E-state index contributed by atoms with van der Waals surface area (Å²) in [7, 11) is 0. The van der Waals surface area contributed by atoms with E-state index in [4.69, 9.17) is 5.73 Å². The van der Waals surface area contributed by atoms with Gasteiger partial charge in [0.05, 0.1) is 0 Å². The number of hydrogen-bond acceptors (Lipinski definition) is 2. The Hall–Kier alpha value is -1.51. The standard InChI is InChI=1S/C19H26N2O/c20-17-3-1-12(2-4-17)5-6-21-19(22)18-15-8-13-7-14(10-15)11-16(18)9-13/h1-4,13-16,18H,5-11,20H2,(H,21,22). The fourth-order valence-electron chi connectivity index (χ4n) is 5.49. The Morgan fingerprint density at radius 3 is 2.18 bits per heavy atom. The van der Waals surface area contributed by atoms with Crippen molar-refractivity contribution in [3.63, 3.8) is 0 Å². The zero-order chi connectivity index (χ0) is 15.1. The number of carbonyl (C=O) groups is 1. The van der Waals surface area contributed by atoms with Gasteiger partial charge in [0.2, 0.25) is 5.91 Å². The molecule has 3 heteroatoms. The van der Waals surface area contributed by atoms with Gasteiger partial charge in [-0.25, -0.2) is 0 Å². The normalized spacial score (nSPS) is 35.5. The first-order valence-corrected chi connectivity index (χ1v) is 8.81. The van der Waals surface area contributed by atoms with Gasteiger partial charge in [0.15, 0.2) is 0 Å². The van der Waals surface area contributed by atoms with Crippen molar-refractivity contribution in [3.05, 3.63) is 29.8 Å². The molecule has 5 rings (SSSR count). The molecule has 0 saturated heterocycles. The van der Waals surface area contributed by atoms with Gasteiger partial charge < -0.3 is 11.1 Å². The highest BCUT2D eigenvalue weighted by atomic mass is 16.1. The molecule has 118 valence electrons. The third-order valence-corrected chi connectivity index (χ3v) is 6.22. The predicted molar refractivity (Wildman–Crippen MR) is 88.1 cm³/mol. The molecule has 1 amide bonds. The largest absolute Gasteiger partial charge is 0.399 e. The second-order valence-electron chi connectivity index (χ2n) is 7.74. The number of amides is 1. The van der Waals surface area contributed by atoms with Crippen molar-refractivity contribution < 1.29 is 4.79 Å². The van der Waals surface area contributed by atoms with E-state index in [2.05, 4.69) is 5.32 Å². The van der Waals surface area contributed by atoms with Gasteiger partial charge in [-0.15, -0.1) is 0 Å². The summed E-state index contributed by atoms with van der Waals surface area (Å²) in [5.74, 6) is 3.84. The molecule has 0 radical (unpaired) electrons. The van der Waals surface area contributed by atoms with Crippen molar-refractivity contribution in [1.29, 1.82) is 0 Å². The molecule has 0 unspecified atom stereocenters. The number of nitrogens with two attached hydrogens (primary N) is 1. The Morgan fingerprint density at radius 2 is 1.59 bits per heavy atom. The summed E-state index contributed by atoms with van der Waals surface area (Å²) >= 11 is 0. The van der Waals surface area contributed by atoms with Crippen molar-refractivity contribution >= 4 is 11.6 Å². The highest BCUT2D eigenvalue weighted by molar-refractivity contribution is 5.79. The minimum atomic E-state index is 0.305. The van der Waals surface area contributed by atoms with E-state index in [1.807, 2.05) is 24.3 Å². The van der Waals surface area contributed by atoms with Gasteiger partial charge in [-0.3, -0.25) is 4.79 Å². The summed E-state index contributed by atoms with van der Waals surface area (Å²) in [4.78, 5) is 12.6. The second-order valence-corrected chi connectivity index (χ2v) is 7.74. The lowest BCUT2D eigenvalue weighted by molar-refractivity contribution is -0.138. The zero-order valence-corrected chi connectivity index (χ0v) is 13.1. The highest BCUT2D eigenvalue weighted by Crippen LogP contribution is 2.56. The second kappa shape index (κ2) is 5.60. The van der Waals surface area contributed by atoms with Crippen LogP contribution >= 0.6 is 0 Å². The van der Waals surface area contributed by atoms with E-state index >= 15 is 0 Å². The van der Waals surface area contributed by atoms with Crippen LogP contribution in [0.2, 0.25) is 0 Å². The fourth-order valence-corrected chi connectivity index (χ4v) is 5.49. The summed E-state index contributed by atoms with van der Waals surface area (Å²) in [5.41, 5.74) is 7.73. The average Bonchev–Trinajstić information content (AvgIpc) is 2.48. The molecule has 0 aromatic heterocycles. The zero-order valence-electron chi connectivity index (χ0n) is 13.1. The predicted octanol–water partition coefficient (Wildman–Crippen LogP) is 3.00. The molecule has 0 heterocycles. The van der Waals surface area contributed by atoms with Gasteiger partial charge in [-0.1, -0.05) is 12.1 Å². The molecule has 0 aliphatic heterocycles. The van der Waals surface area contributed by atoms with Crippen LogP contribution in [0.3, 0.4) is 0 Å². The van der Waals surface area contributed by atoms with Crippen LogP contribution in [0.25, 0.3) is 0 Å². The summed E-state index contributed by atoms with van der Waals surface area (Å²) in [5, 5.41) is 3.20. The van der Waals surface area contributed by atoms with Crippen molar-refractivity contribution in [2.75, 3.05) is 12.3 Å². The molecule has 0 spiro atoms. The fraction of sp³-hybridized carbons (Fsp3) is 0.632. The van der Waals surface area contributed by atoms with Crippen molar-refractivity contribution in [3.8, 4) is 0 Å². The molecule has 4 saturated carbocycles. The number of rotatable bonds is 4. The molecule has 1 aromatic rings. The van der Waals surface area contributed by atoms with E-state index in [0.717, 1.165) is 30.5 Å². The SMILES string of the molecule is Nc1ccc(CCNC(=O)C2C3CC4CC(C3)CC2C4)cc1. The maximum Gasteiger partial charge on any atom is 0.223 e. The van der Waals surface area contributed by atoms with E-state index in [9.17, 15) is 4.79 Å². The maximum absolute atomic E-state index is 12.6. The lowest BCUT2D eigenvalue weighted by Crippen LogP contribution is -2.51. The van der Waals surface area contributed by atoms with Crippen LogP contribution in [-0.4, -0.2) is 12.5 Å². The highest BCUT2D eigenvalue weighted by Gasteiger charge is 2.50. The van der Waals surface area contributed by atoms with E-state index in [-0.39, 0.29) is 0 Å². The molecular formula is C19H26N2O. The summed E-state index contributed by atoms with van der Waals surface area (Å²) in [6.07, 6.45) is 7.57. The molecule has 4 aliphatic carbocycles. The van der Waals surface area contributed by atoms with Crippen LogP contribution in [0.4, 0.5) is 5.69 Å². The third-order valence-electron chi connectivity index (χ3n) is 6.22. The first kappa shape index (κ1) is 14.1. The summed E-state index contributed by atoms with van der Waals surface area (Å²) < 4.78 is 0. The van der Waals surface area contributed by atoms with E-state index in [1.54, 1.807) is 0 Å². The number of carbonyl (C=O) groups excluding carboxylic acids is 1. The van der Waals surface area contributed by atoms with E-state index in [0.29, 0.717) is 23.7 Å². The Kier molecular flexibility index (Phi) is 3.59. The Bertz CT molecular complexity index is 523. The molecule has 4 fully saturated rings. The number of benzene rings is 1. The quantitative estimate of drug-likeness (QED) is 0.840. The first-order chi connectivity index (χ1) is 10.7. The number of hydrogen-bond donors (Lipinski definition) is 2. The van der Waals surface area contributed by atoms with E-state index in [1.165, 1.54) is 37.7 Å². The maximum atomic E-state index is 12.6. The third kappa shape index (κ3) is 2.62. The van der Waals surface area contributed by atoms with Crippen LogP contribution in [0.1, 0.15) is 37.7 Å². The number of anilines is 1.